The van der Waals surface area contributed by atoms with Crippen molar-refractivity contribution < 1.29 is 9.63 Å². The minimum Gasteiger partial charge on any atom is -0.390 e. The number of nitrogens with zero attached hydrogens (tertiary/aromatic N) is 2. The topological polar surface area (TPSA) is 41.9 Å². The van der Waals surface area contributed by atoms with Gasteiger partial charge in [-0.15, -0.1) is 0 Å². The van der Waals surface area contributed by atoms with Gasteiger partial charge < -0.3 is 9.74 Å². The van der Waals surface area contributed by atoms with Gasteiger partial charge in [0.05, 0.1) is 12.2 Å². The zero-order valence-electron chi connectivity index (χ0n) is 15.4. The summed E-state index contributed by atoms with van der Waals surface area (Å²) in [5.74, 6) is -0.274. The molecule has 0 bridgehead atoms. The zero-order chi connectivity index (χ0) is 21.3. The predicted octanol–water partition coefficient (Wildman–Crippen LogP) is 6.77. The molecule has 0 unspecified atom stereocenters. The van der Waals surface area contributed by atoms with E-state index in [9.17, 15) is 4.79 Å². The molecule has 3 aromatic carbocycles. The Morgan fingerprint density at radius 1 is 0.833 bits per heavy atom. The molecule has 0 aliphatic carbocycles. The van der Waals surface area contributed by atoms with E-state index in [-0.39, 0.29) is 24.8 Å². The number of hydrogen-bond donors (Lipinski definition) is 0. The normalized spacial score (nSPS) is 14.3. The summed E-state index contributed by atoms with van der Waals surface area (Å²) >= 11 is 24.4. The van der Waals surface area contributed by atoms with E-state index in [0.717, 1.165) is 11.3 Å². The van der Waals surface area contributed by atoms with Crippen LogP contribution in [-0.2, 0) is 22.8 Å². The summed E-state index contributed by atoms with van der Waals surface area (Å²) in [6, 6.07) is 17.7. The van der Waals surface area contributed by atoms with Crippen LogP contribution in [0.15, 0.2) is 65.8 Å². The molecule has 30 heavy (non-hydrogen) atoms. The molecule has 1 amide bonds. The molecule has 3 aromatic rings. The second-order valence-electron chi connectivity index (χ2n) is 6.59. The first-order valence-corrected chi connectivity index (χ1v) is 10.4. The smallest absolute Gasteiger partial charge is 0.281 e. The SMILES string of the molecule is O=C1C(=NOCc2ccc(Cl)cc2Cl)c2ccccc2N1Cc1ccc(Cl)cc1Cl. The first-order chi connectivity index (χ1) is 14.4. The Bertz CT molecular complexity index is 1160. The molecule has 0 aromatic heterocycles. The molecule has 0 fully saturated rings. The number of carbonyl (C=O) groups excluding carboxylic acids is 1. The molecule has 1 heterocycles. The molecule has 0 radical (unpaired) electrons. The Morgan fingerprint density at radius 2 is 1.47 bits per heavy atom. The quantitative estimate of drug-likeness (QED) is 0.379. The molecular formula is C22H14Cl4N2O2. The Balaban J connectivity index is 1.58. The van der Waals surface area contributed by atoms with Gasteiger partial charge in [-0.2, -0.15) is 0 Å². The van der Waals surface area contributed by atoms with E-state index < -0.39 is 0 Å². The van der Waals surface area contributed by atoms with Crippen LogP contribution in [0.25, 0.3) is 0 Å². The molecule has 1 aliphatic heterocycles. The van der Waals surface area contributed by atoms with Gasteiger partial charge in [-0.1, -0.05) is 81.9 Å². The summed E-state index contributed by atoms with van der Waals surface area (Å²) in [7, 11) is 0. The van der Waals surface area contributed by atoms with E-state index in [0.29, 0.717) is 31.2 Å². The van der Waals surface area contributed by atoms with Crippen LogP contribution in [0.3, 0.4) is 0 Å². The molecule has 0 saturated carbocycles. The zero-order valence-corrected chi connectivity index (χ0v) is 18.4. The van der Waals surface area contributed by atoms with Crippen LogP contribution in [0.2, 0.25) is 20.1 Å². The van der Waals surface area contributed by atoms with Crippen molar-refractivity contribution in [2.24, 2.45) is 5.16 Å². The molecule has 0 spiro atoms. The van der Waals surface area contributed by atoms with Crippen molar-refractivity contribution in [3.63, 3.8) is 0 Å². The van der Waals surface area contributed by atoms with Gasteiger partial charge >= 0.3 is 0 Å². The van der Waals surface area contributed by atoms with E-state index in [2.05, 4.69) is 5.16 Å². The lowest BCUT2D eigenvalue weighted by atomic mass is 10.1. The van der Waals surface area contributed by atoms with Gasteiger partial charge in [-0.05, 0) is 35.9 Å². The van der Waals surface area contributed by atoms with E-state index in [1.165, 1.54) is 0 Å². The highest BCUT2D eigenvalue weighted by atomic mass is 35.5. The summed E-state index contributed by atoms with van der Waals surface area (Å²) in [6.45, 7) is 0.395. The van der Waals surface area contributed by atoms with Crippen molar-refractivity contribution in [3.8, 4) is 0 Å². The van der Waals surface area contributed by atoms with E-state index in [1.54, 1.807) is 41.3 Å². The lowest BCUT2D eigenvalue weighted by Crippen LogP contribution is -2.29. The summed E-state index contributed by atoms with van der Waals surface area (Å²) in [5, 5.41) is 6.15. The summed E-state index contributed by atoms with van der Waals surface area (Å²) in [4.78, 5) is 20.2. The highest BCUT2D eigenvalue weighted by Gasteiger charge is 2.34. The summed E-state index contributed by atoms with van der Waals surface area (Å²) < 4.78 is 0. The lowest BCUT2D eigenvalue weighted by molar-refractivity contribution is -0.112. The third kappa shape index (κ3) is 4.28. The third-order valence-corrected chi connectivity index (χ3v) is 5.81. The van der Waals surface area contributed by atoms with Crippen LogP contribution < -0.4 is 4.90 Å². The number of oxime groups is 1. The average molecular weight is 480 g/mol. The van der Waals surface area contributed by atoms with Crippen molar-refractivity contribution in [1.82, 2.24) is 0 Å². The number of para-hydroxylation sites is 1. The maximum atomic E-state index is 13.1. The molecule has 8 heteroatoms. The third-order valence-electron chi connectivity index (χ3n) is 4.63. The molecule has 0 atom stereocenters. The van der Waals surface area contributed by atoms with Crippen molar-refractivity contribution in [2.45, 2.75) is 13.2 Å². The van der Waals surface area contributed by atoms with Gasteiger partial charge in [-0.25, -0.2) is 0 Å². The van der Waals surface area contributed by atoms with Gasteiger partial charge in [0.15, 0.2) is 5.71 Å². The van der Waals surface area contributed by atoms with E-state index >= 15 is 0 Å². The second-order valence-corrected chi connectivity index (χ2v) is 8.28. The maximum absolute atomic E-state index is 13.1. The van der Waals surface area contributed by atoms with Crippen LogP contribution in [0.1, 0.15) is 16.7 Å². The van der Waals surface area contributed by atoms with Crippen molar-refractivity contribution >= 4 is 63.7 Å². The van der Waals surface area contributed by atoms with Crippen LogP contribution in [0.5, 0.6) is 0 Å². The van der Waals surface area contributed by atoms with Gasteiger partial charge in [0.1, 0.15) is 6.61 Å². The Labute approximate surface area is 193 Å². The monoisotopic (exact) mass is 478 g/mol. The lowest BCUT2D eigenvalue weighted by Gasteiger charge is -2.17. The molecule has 4 rings (SSSR count). The molecule has 152 valence electrons. The van der Waals surface area contributed by atoms with Gasteiger partial charge in [0.2, 0.25) is 0 Å². The molecule has 0 N–H and O–H groups in total. The van der Waals surface area contributed by atoms with E-state index in [4.69, 9.17) is 51.2 Å². The van der Waals surface area contributed by atoms with Crippen LogP contribution >= 0.6 is 46.4 Å². The summed E-state index contributed by atoms with van der Waals surface area (Å²) in [6.07, 6.45) is 0. The van der Waals surface area contributed by atoms with Crippen LogP contribution in [0.4, 0.5) is 5.69 Å². The highest BCUT2D eigenvalue weighted by molar-refractivity contribution is 6.54. The second kappa shape index (κ2) is 8.86. The first kappa shape index (κ1) is 21.0. The van der Waals surface area contributed by atoms with Crippen molar-refractivity contribution in [2.75, 3.05) is 4.90 Å². The number of fused-ring (bicyclic) bond motifs is 1. The summed E-state index contributed by atoms with van der Waals surface area (Å²) in [5.41, 5.74) is 3.14. The van der Waals surface area contributed by atoms with Gasteiger partial charge in [0, 0.05) is 31.2 Å². The minimum absolute atomic E-state index is 0.109. The fourth-order valence-electron chi connectivity index (χ4n) is 3.13. The number of carbonyl (C=O) groups is 1. The average Bonchev–Trinajstić information content (AvgIpc) is 2.97. The van der Waals surface area contributed by atoms with Crippen LogP contribution in [0, 0.1) is 0 Å². The maximum Gasteiger partial charge on any atom is 0.281 e. The number of halogens is 4. The Hall–Kier alpha value is -2.24. The van der Waals surface area contributed by atoms with Gasteiger partial charge in [0.25, 0.3) is 5.91 Å². The number of amides is 1. The molecular weight excluding hydrogens is 466 g/mol. The molecule has 4 nitrogen and oxygen atoms in total. The Kier molecular flexibility index (Phi) is 6.21. The highest BCUT2D eigenvalue weighted by Crippen LogP contribution is 2.32. The molecule has 1 aliphatic rings. The number of rotatable bonds is 5. The molecule has 0 saturated heterocycles. The van der Waals surface area contributed by atoms with E-state index in [1.807, 2.05) is 24.3 Å². The fraction of sp³-hybridized carbons (Fsp3) is 0.0909. The number of anilines is 1. The fourth-order valence-corrected chi connectivity index (χ4v) is 4.06. The van der Waals surface area contributed by atoms with Crippen LogP contribution in [-0.4, -0.2) is 11.6 Å². The predicted molar refractivity (Wildman–Crippen MR) is 122 cm³/mol. The number of hydrogen-bond acceptors (Lipinski definition) is 3. The van der Waals surface area contributed by atoms with Crippen molar-refractivity contribution in [3.05, 3.63) is 97.4 Å². The Morgan fingerprint density at radius 3 is 2.13 bits per heavy atom. The number of benzene rings is 3. The van der Waals surface area contributed by atoms with Crippen molar-refractivity contribution in [1.29, 1.82) is 0 Å². The largest absolute Gasteiger partial charge is 0.390 e. The minimum atomic E-state index is -0.274. The standard InChI is InChI=1S/C22H14Cl4N2O2/c23-15-7-5-13(18(25)9-15)11-28-20-4-2-1-3-17(20)21(22(28)29)27-30-12-14-6-8-16(24)10-19(14)26/h1-10H,11-12H2. The first-order valence-electron chi connectivity index (χ1n) is 8.93. The van der Waals surface area contributed by atoms with Gasteiger partial charge in [-0.3, -0.25) is 4.79 Å².